The van der Waals surface area contributed by atoms with Gasteiger partial charge in [0.2, 0.25) is 4.96 Å². The Bertz CT molecular complexity index is 922. The van der Waals surface area contributed by atoms with E-state index < -0.39 is 0 Å². The van der Waals surface area contributed by atoms with Crippen LogP contribution in [0, 0.1) is 6.92 Å². The van der Waals surface area contributed by atoms with Gasteiger partial charge in [0.25, 0.3) is 0 Å². The number of nitrogens with two attached hydrogens (primary N) is 1. The summed E-state index contributed by atoms with van der Waals surface area (Å²) in [5.41, 5.74) is 7.51. The molecule has 0 aliphatic heterocycles. The first kappa shape index (κ1) is 12.4. The number of hydrogen-bond donors (Lipinski definition) is 1. The highest BCUT2D eigenvalue weighted by atomic mass is 32.1. The average molecular weight is 315 g/mol. The van der Waals surface area contributed by atoms with E-state index in [1.165, 1.54) is 22.7 Å². The molecule has 0 spiro atoms. The number of thiazole rings is 1. The van der Waals surface area contributed by atoms with Crippen molar-refractivity contribution >= 4 is 32.8 Å². The zero-order valence-corrected chi connectivity index (χ0v) is 12.5. The molecule has 21 heavy (non-hydrogen) atoms. The lowest BCUT2D eigenvalue weighted by Gasteiger charge is -1.94. The highest BCUT2D eigenvalue weighted by molar-refractivity contribution is 7.25. The van der Waals surface area contributed by atoms with Crippen LogP contribution in [-0.2, 0) is 0 Å². The van der Waals surface area contributed by atoms with Crippen molar-refractivity contribution in [2.75, 3.05) is 5.73 Å². The third kappa shape index (κ3) is 1.98. The Balaban J connectivity index is 1.88. The summed E-state index contributed by atoms with van der Waals surface area (Å²) in [7, 11) is 0. The molecule has 0 fully saturated rings. The number of fused-ring (bicyclic) bond motifs is 1. The lowest BCUT2D eigenvalue weighted by atomic mass is 10.3. The molecule has 0 saturated carbocycles. The fourth-order valence-corrected chi connectivity index (χ4v) is 3.79. The largest absolute Gasteiger partial charge is 0.375 e. The Morgan fingerprint density at radius 1 is 1.24 bits per heavy atom. The van der Waals surface area contributed by atoms with Crippen LogP contribution in [0.2, 0.25) is 0 Å². The molecule has 4 heterocycles. The van der Waals surface area contributed by atoms with E-state index in [4.69, 9.17) is 5.73 Å². The van der Waals surface area contributed by atoms with Crippen molar-refractivity contribution < 1.29 is 0 Å². The second kappa shape index (κ2) is 4.57. The topological polar surface area (TPSA) is 94.9 Å². The highest BCUT2D eigenvalue weighted by Gasteiger charge is 2.17. The maximum absolute atomic E-state index is 5.75. The Morgan fingerprint density at radius 2 is 2.14 bits per heavy atom. The van der Waals surface area contributed by atoms with E-state index in [1.54, 1.807) is 16.9 Å². The second-order valence-corrected chi connectivity index (χ2v) is 6.32. The molecule has 0 unspecified atom stereocenters. The van der Waals surface area contributed by atoms with Crippen molar-refractivity contribution in [1.82, 2.24) is 29.8 Å². The standard InChI is InChI=1S/C12H9N7S2/c1-6-8(20-11(13)15-6)10-18-19-9(16-17-12(19)21-10)7-3-2-4-14-5-7/h2-5H,1H3,(H2,13,15). The summed E-state index contributed by atoms with van der Waals surface area (Å²) < 4.78 is 1.73. The molecule has 0 amide bonds. The fourth-order valence-electron chi connectivity index (χ4n) is 2.00. The second-order valence-electron chi connectivity index (χ2n) is 4.33. The highest BCUT2D eigenvalue weighted by Crippen LogP contribution is 2.34. The van der Waals surface area contributed by atoms with E-state index in [-0.39, 0.29) is 0 Å². The van der Waals surface area contributed by atoms with Crippen LogP contribution in [0.4, 0.5) is 5.13 Å². The van der Waals surface area contributed by atoms with Crippen LogP contribution in [0.5, 0.6) is 0 Å². The number of nitrogens with zero attached hydrogens (tertiary/aromatic N) is 6. The van der Waals surface area contributed by atoms with Crippen LogP contribution in [0.25, 0.3) is 26.2 Å². The van der Waals surface area contributed by atoms with Crippen molar-refractivity contribution in [1.29, 1.82) is 0 Å². The third-order valence-corrected chi connectivity index (χ3v) is 4.96. The van der Waals surface area contributed by atoms with Crippen LogP contribution in [-0.4, -0.2) is 29.8 Å². The van der Waals surface area contributed by atoms with Gasteiger partial charge in [-0.1, -0.05) is 22.7 Å². The van der Waals surface area contributed by atoms with Gasteiger partial charge in [-0.25, -0.2) is 4.98 Å². The smallest absolute Gasteiger partial charge is 0.235 e. The van der Waals surface area contributed by atoms with Crippen molar-refractivity contribution in [3.8, 4) is 21.3 Å². The zero-order valence-electron chi connectivity index (χ0n) is 10.9. The van der Waals surface area contributed by atoms with Gasteiger partial charge >= 0.3 is 0 Å². The summed E-state index contributed by atoms with van der Waals surface area (Å²) in [6.07, 6.45) is 3.46. The predicted octanol–water partition coefficient (Wildman–Crippen LogP) is 2.26. The Labute approximate surface area is 127 Å². The maximum Gasteiger partial charge on any atom is 0.235 e. The van der Waals surface area contributed by atoms with Crippen LogP contribution < -0.4 is 5.73 Å². The van der Waals surface area contributed by atoms with Crippen molar-refractivity contribution in [2.24, 2.45) is 0 Å². The summed E-state index contributed by atoms with van der Waals surface area (Å²) in [6.45, 7) is 1.92. The normalized spacial score (nSPS) is 11.3. The molecule has 0 bridgehead atoms. The van der Waals surface area contributed by atoms with Crippen LogP contribution >= 0.6 is 22.7 Å². The number of hydrogen-bond acceptors (Lipinski definition) is 8. The third-order valence-electron chi connectivity index (χ3n) is 2.92. The first-order chi connectivity index (χ1) is 10.2. The summed E-state index contributed by atoms with van der Waals surface area (Å²) in [5.74, 6) is 0.677. The van der Waals surface area contributed by atoms with Crippen LogP contribution in [0.15, 0.2) is 24.5 Å². The molecule has 9 heteroatoms. The monoisotopic (exact) mass is 315 g/mol. The van der Waals surface area contributed by atoms with Crippen molar-refractivity contribution in [3.05, 3.63) is 30.2 Å². The quantitative estimate of drug-likeness (QED) is 0.609. The predicted molar refractivity (Wildman–Crippen MR) is 82.1 cm³/mol. The number of nitrogen functional groups attached to an aromatic ring is 1. The molecule has 2 N–H and O–H groups in total. The minimum absolute atomic E-state index is 0.543. The summed E-state index contributed by atoms with van der Waals surface area (Å²) >= 11 is 2.89. The summed E-state index contributed by atoms with van der Waals surface area (Å²) in [6, 6.07) is 3.79. The maximum atomic E-state index is 5.75. The fraction of sp³-hybridized carbons (Fsp3) is 0.0833. The first-order valence-electron chi connectivity index (χ1n) is 6.08. The van der Waals surface area contributed by atoms with E-state index in [0.717, 1.165) is 26.1 Å². The molecule has 0 aromatic carbocycles. The molecular formula is C12H9N7S2. The number of pyridine rings is 1. The molecule has 4 aromatic heterocycles. The molecule has 4 rings (SSSR count). The summed E-state index contributed by atoms with van der Waals surface area (Å²) in [4.78, 5) is 10.0. The van der Waals surface area contributed by atoms with Gasteiger partial charge in [-0.2, -0.15) is 9.61 Å². The average Bonchev–Trinajstić information content (AvgIpc) is 3.13. The Kier molecular flexibility index (Phi) is 2.69. The first-order valence-corrected chi connectivity index (χ1v) is 7.71. The molecular weight excluding hydrogens is 306 g/mol. The molecule has 0 aliphatic carbocycles. The van der Waals surface area contributed by atoms with E-state index >= 15 is 0 Å². The molecule has 7 nitrogen and oxygen atoms in total. The summed E-state index contributed by atoms with van der Waals surface area (Å²) in [5, 5.41) is 14.3. The van der Waals surface area contributed by atoms with E-state index in [9.17, 15) is 0 Å². The van der Waals surface area contributed by atoms with Gasteiger partial charge in [0, 0.05) is 18.0 Å². The molecule has 0 radical (unpaired) electrons. The van der Waals surface area contributed by atoms with Gasteiger partial charge in [0.15, 0.2) is 16.0 Å². The van der Waals surface area contributed by atoms with Gasteiger partial charge in [0.1, 0.15) is 0 Å². The van der Waals surface area contributed by atoms with Crippen LogP contribution in [0.3, 0.4) is 0 Å². The van der Waals surface area contributed by atoms with E-state index in [1.807, 2.05) is 19.1 Å². The SMILES string of the molecule is Cc1nc(N)sc1-c1nn2c(-c3cccnc3)nnc2s1. The van der Waals surface area contributed by atoms with Gasteiger partial charge < -0.3 is 5.73 Å². The molecule has 104 valence electrons. The molecule has 0 saturated heterocycles. The minimum atomic E-state index is 0.543. The number of aryl methyl sites for hydroxylation is 1. The van der Waals surface area contributed by atoms with Crippen molar-refractivity contribution in [3.63, 3.8) is 0 Å². The van der Waals surface area contributed by atoms with Gasteiger partial charge in [-0.05, 0) is 19.1 Å². The number of aromatic nitrogens is 6. The van der Waals surface area contributed by atoms with Gasteiger partial charge in [-0.3, -0.25) is 4.98 Å². The lowest BCUT2D eigenvalue weighted by molar-refractivity contribution is 0.969. The van der Waals surface area contributed by atoms with Crippen LogP contribution in [0.1, 0.15) is 5.69 Å². The Morgan fingerprint density at radius 3 is 2.86 bits per heavy atom. The molecule has 0 aliphatic rings. The lowest BCUT2D eigenvalue weighted by Crippen LogP contribution is -1.91. The molecule has 4 aromatic rings. The van der Waals surface area contributed by atoms with Crippen molar-refractivity contribution in [2.45, 2.75) is 6.92 Å². The van der Waals surface area contributed by atoms with Gasteiger partial charge in [-0.15, -0.1) is 10.2 Å². The van der Waals surface area contributed by atoms with Gasteiger partial charge in [0.05, 0.1) is 10.6 Å². The zero-order chi connectivity index (χ0) is 14.4. The number of rotatable bonds is 2. The van der Waals surface area contributed by atoms with E-state index in [2.05, 4.69) is 25.3 Å². The molecule has 0 atom stereocenters. The number of anilines is 1. The Hall–Kier alpha value is -2.39. The van der Waals surface area contributed by atoms with E-state index in [0.29, 0.717) is 11.0 Å². The minimum Gasteiger partial charge on any atom is -0.375 e.